The largest absolute Gasteiger partial charge is 0.371 e. The van der Waals surface area contributed by atoms with E-state index in [4.69, 9.17) is 0 Å². The quantitative estimate of drug-likeness (QED) is 0.862. The predicted molar refractivity (Wildman–Crippen MR) is 75.5 cm³/mol. The van der Waals surface area contributed by atoms with Gasteiger partial charge in [0, 0.05) is 26.1 Å². The zero-order valence-electron chi connectivity index (χ0n) is 11.8. The number of amides is 1. The Bertz CT molecular complexity index is 523. The third-order valence-corrected chi connectivity index (χ3v) is 3.59. The molecule has 20 heavy (non-hydrogen) atoms. The number of benzene rings is 1. The molecule has 1 aromatic carbocycles. The summed E-state index contributed by atoms with van der Waals surface area (Å²) in [7, 11) is 0. The van der Waals surface area contributed by atoms with Gasteiger partial charge in [-0.05, 0) is 31.9 Å². The van der Waals surface area contributed by atoms with Crippen molar-refractivity contribution < 1.29 is 14.0 Å². The molecule has 4 nitrogen and oxygen atoms in total. The van der Waals surface area contributed by atoms with Gasteiger partial charge < -0.3 is 10.2 Å². The third kappa shape index (κ3) is 3.15. The van der Waals surface area contributed by atoms with Gasteiger partial charge >= 0.3 is 0 Å². The van der Waals surface area contributed by atoms with Gasteiger partial charge in [-0.15, -0.1) is 0 Å². The van der Waals surface area contributed by atoms with Crippen molar-refractivity contribution in [3.05, 3.63) is 29.6 Å². The van der Waals surface area contributed by atoms with Gasteiger partial charge in [0.15, 0.2) is 5.78 Å². The van der Waals surface area contributed by atoms with E-state index in [-0.39, 0.29) is 23.3 Å². The molecule has 1 aromatic rings. The number of nitrogens with zero attached hydrogens (tertiary/aromatic N) is 1. The van der Waals surface area contributed by atoms with Gasteiger partial charge in [-0.3, -0.25) is 9.59 Å². The number of carbonyl (C=O) groups excluding carboxylic acids is 2. The fraction of sp³-hybridized carbons (Fsp3) is 0.467. The summed E-state index contributed by atoms with van der Waals surface area (Å²) in [5, 5.41) is 2.90. The van der Waals surface area contributed by atoms with Crippen molar-refractivity contribution in [1.82, 2.24) is 5.32 Å². The van der Waals surface area contributed by atoms with Gasteiger partial charge in [-0.1, -0.05) is 6.07 Å². The van der Waals surface area contributed by atoms with E-state index in [1.54, 1.807) is 12.1 Å². The summed E-state index contributed by atoms with van der Waals surface area (Å²) >= 11 is 0. The fourth-order valence-corrected chi connectivity index (χ4v) is 2.68. The molecule has 1 heterocycles. The molecule has 0 aliphatic carbocycles. The van der Waals surface area contributed by atoms with Crippen LogP contribution in [0, 0.1) is 5.82 Å². The van der Waals surface area contributed by atoms with Crippen LogP contribution in [0.5, 0.6) is 0 Å². The maximum Gasteiger partial charge on any atom is 0.217 e. The summed E-state index contributed by atoms with van der Waals surface area (Å²) in [5.74, 6) is -0.764. The summed E-state index contributed by atoms with van der Waals surface area (Å²) in [6.07, 6.45) is 1.60. The van der Waals surface area contributed by atoms with Crippen molar-refractivity contribution in [2.45, 2.75) is 32.7 Å². The molecule has 108 valence electrons. The first-order chi connectivity index (χ1) is 9.49. The van der Waals surface area contributed by atoms with Crippen molar-refractivity contribution in [3.63, 3.8) is 0 Å². The van der Waals surface area contributed by atoms with Crippen molar-refractivity contribution >= 4 is 17.4 Å². The van der Waals surface area contributed by atoms with Gasteiger partial charge in [0.25, 0.3) is 0 Å². The molecule has 1 saturated heterocycles. The molecule has 0 saturated carbocycles. The maximum absolute atomic E-state index is 13.8. The zero-order valence-corrected chi connectivity index (χ0v) is 11.8. The maximum atomic E-state index is 13.8. The van der Waals surface area contributed by atoms with Gasteiger partial charge in [0.2, 0.25) is 5.91 Å². The van der Waals surface area contributed by atoms with Crippen LogP contribution < -0.4 is 10.2 Å². The number of hydrogen-bond donors (Lipinski definition) is 1. The molecule has 1 fully saturated rings. The Kier molecular flexibility index (Phi) is 4.37. The Hall–Kier alpha value is -1.91. The van der Waals surface area contributed by atoms with Crippen LogP contribution in [0.2, 0.25) is 0 Å². The van der Waals surface area contributed by atoms with Crippen LogP contribution in [0.15, 0.2) is 18.2 Å². The molecule has 0 radical (unpaired) electrons. The summed E-state index contributed by atoms with van der Waals surface area (Å²) in [5.41, 5.74) is 0.809. The molecule has 0 bridgehead atoms. The Morgan fingerprint density at radius 2 is 1.90 bits per heavy atom. The first-order valence-corrected chi connectivity index (χ1v) is 6.80. The number of carbonyl (C=O) groups is 2. The highest BCUT2D eigenvalue weighted by Crippen LogP contribution is 2.26. The molecular formula is C15H19FN2O2. The minimum atomic E-state index is -0.473. The summed E-state index contributed by atoms with van der Waals surface area (Å²) < 4.78 is 13.8. The van der Waals surface area contributed by atoms with Gasteiger partial charge in [-0.25, -0.2) is 4.39 Å². The van der Waals surface area contributed by atoms with Crippen LogP contribution in [-0.2, 0) is 4.79 Å². The first-order valence-electron chi connectivity index (χ1n) is 6.80. The van der Waals surface area contributed by atoms with E-state index < -0.39 is 5.82 Å². The highest BCUT2D eigenvalue weighted by Gasteiger charge is 2.23. The first kappa shape index (κ1) is 14.5. The van der Waals surface area contributed by atoms with Gasteiger partial charge in [0.1, 0.15) is 5.82 Å². The molecule has 2 rings (SSSR count). The molecule has 0 unspecified atom stereocenters. The highest BCUT2D eigenvalue weighted by atomic mass is 19.1. The van der Waals surface area contributed by atoms with Crippen LogP contribution in [-0.4, -0.2) is 30.8 Å². The second kappa shape index (κ2) is 6.03. The Morgan fingerprint density at radius 1 is 1.25 bits per heavy atom. The van der Waals surface area contributed by atoms with Crippen LogP contribution in [0.1, 0.15) is 37.0 Å². The lowest BCUT2D eigenvalue weighted by atomic mass is 10.0. The number of nitrogens with one attached hydrogen (secondary N) is 1. The number of halogens is 1. The average molecular weight is 278 g/mol. The smallest absolute Gasteiger partial charge is 0.217 e. The molecule has 0 aromatic heterocycles. The third-order valence-electron chi connectivity index (χ3n) is 3.59. The molecular weight excluding hydrogens is 259 g/mol. The molecule has 1 aliphatic rings. The average Bonchev–Trinajstić information content (AvgIpc) is 2.38. The number of piperidine rings is 1. The highest BCUT2D eigenvalue weighted by molar-refractivity contribution is 6.00. The van der Waals surface area contributed by atoms with Crippen LogP contribution in [0.4, 0.5) is 10.1 Å². The predicted octanol–water partition coefficient (Wildman–Crippen LogP) is 2.13. The van der Waals surface area contributed by atoms with Gasteiger partial charge in [0.05, 0.1) is 11.3 Å². The minimum absolute atomic E-state index is 0.0290. The van der Waals surface area contributed by atoms with E-state index in [9.17, 15) is 14.0 Å². The standard InChI is InChI=1S/C15H19FN2O2/c1-10(19)15-13(16)4-3-5-14(15)18-8-6-12(7-9-18)17-11(2)20/h3-5,12H,6-9H2,1-2H3,(H,17,20). The molecule has 0 atom stereocenters. The van der Waals surface area contributed by atoms with E-state index in [2.05, 4.69) is 5.32 Å². The molecule has 0 spiro atoms. The van der Waals surface area contributed by atoms with E-state index in [1.165, 1.54) is 19.9 Å². The van der Waals surface area contributed by atoms with Crippen molar-refractivity contribution in [3.8, 4) is 0 Å². The topological polar surface area (TPSA) is 49.4 Å². The van der Waals surface area contributed by atoms with E-state index in [1.807, 2.05) is 4.90 Å². The number of rotatable bonds is 3. The zero-order chi connectivity index (χ0) is 14.7. The SMILES string of the molecule is CC(=O)NC1CCN(c2cccc(F)c2C(C)=O)CC1. The minimum Gasteiger partial charge on any atom is -0.371 e. The van der Waals surface area contributed by atoms with E-state index in [0.29, 0.717) is 18.8 Å². The van der Waals surface area contributed by atoms with E-state index in [0.717, 1.165) is 12.8 Å². The summed E-state index contributed by atoms with van der Waals surface area (Å²) in [6, 6.07) is 4.87. The van der Waals surface area contributed by atoms with Crippen molar-refractivity contribution in [2.75, 3.05) is 18.0 Å². The summed E-state index contributed by atoms with van der Waals surface area (Å²) in [6.45, 7) is 4.29. The number of ketones is 1. The second-order valence-corrected chi connectivity index (χ2v) is 5.15. The van der Waals surface area contributed by atoms with Gasteiger partial charge in [-0.2, -0.15) is 0 Å². The lowest BCUT2D eigenvalue weighted by molar-refractivity contribution is -0.119. The van der Waals surface area contributed by atoms with Crippen LogP contribution in [0.3, 0.4) is 0 Å². The molecule has 1 aliphatic heterocycles. The normalized spacial score (nSPS) is 16.1. The van der Waals surface area contributed by atoms with Crippen LogP contribution in [0.25, 0.3) is 0 Å². The molecule has 1 N–H and O–H groups in total. The lowest BCUT2D eigenvalue weighted by Crippen LogP contribution is -2.44. The van der Waals surface area contributed by atoms with Crippen molar-refractivity contribution in [1.29, 1.82) is 0 Å². The molecule has 5 heteroatoms. The Morgan fingerprint density at radius 3 is 2.45 bits per heavy atom. The molecule has 1 amide bonds. The summed E-state index contributed by atoms with van der Waals surface area (Å²) in [4.78, 5) is 24.7. The monoisotopic (exact) mass is 278 g/mol. The number of anilines is 1. The fourth-order valence-electron chi connectivity index (χ4n) is 2.68. The number of Topliss-reactive ketones (excluding diaryl/α,β-unsaturated/α-hetero) is 1. The Balaban J connectivity index is 2.13. The van der Waals surface area contributed by atoms with Crippen LogP contribution >= 0.6 is 0 Å². The number of hydrogen-bond acceptors (Lipinski definition) is 3. The lowest BCUT2D eigenvalue weighted by Gasteiger charge is -2.34. The van der Waals surface area contributed by atoms with Crippen molar-refractivity contribution in [2.24, 2.45) is 0 Å². The Labute approximate surface area is 118 Å². The van der Waals surface area contributed by atoms with E-state index >= 15 is 0 Å². The second-order valence-electron chi connectivity index (χ2n) is 5.15.